The van der Waals surface area contributed by atoms with Crippen LogP contribution in [0.15, 0.2) is 12.2 Å². The number of allylic oxidation sites excluding steroid dienone is 2. The summed E-state index contributed by atoms with van der Waals surface area (Å²) in [6.07, 6.45) is 8.02. The van der Waals surface area contributed by atoms with Gasteiger partial charge in [0.25, 0.3) is 0 Å². The summed E-state index contributed by atoms with van der Waals surface area (Å²) in [4.78, 5) is 22.4. The second-order valence-corrected chi connectivity index (χ2v) is 6.71. The number of carboxylic acid groups (broad SMARTS) is 2. The van der Waals surface area contributed by atoms with Gasteiger partial charge in [-0.15, -0.1) is 0 Å². The summed E-state index contributed by atoms with van der Waals surface area (Å²) in [6, 6.07) is 0. The van der Waals surface area contributed by atoms with Crippen LogP contribution in [-0.2, 0) is 9.59 Å². The lowest BCUT2D eigenvalue weighted by Gasteiger charge is -2.41. The van der Waals surface area contributed by atoms with Crippen LogP contribution < -0.4 is 5.11 Å². The molecule has 24 heavy (non-hydrogen) atoms. The molecular weight excluding hydrogens is 310 g/mol. The van der Waals surface area contributed by atoms with Crippen LogP contribution in [0, 0.1) is 11.8 Å². The van der Waals surface area contributed by atoms with Crippen molar-refractivity contribution in [3.63, 3.8) is 0 Å². The van der Waals surface area contributed by atoms with Crippen molar-refractivity contribution < 1.29 is 29.4 Å². The molecule has 0 aromatic heterocycles. The second kappa shape index (κ2) is 12.0. The van der Waals surface area contributed by atoms with Crippen LogP contribution in [0.4, 0.5) is 0 Å². The van der Waals surface area contributed by atoms with Crippen LogP contribution >= 0.6 is 0 Å². The zero-order chi connectivity index (χ0) is 18.6. The number of rotatable bonds is 14. The van der Waals surface area contributed by atoms with E-state index in [2.05, 4.69) is 19.1 Å². The topological polar surface area (TPSA) is 97.7 Å². The maximum Gasteiger partial charge on any atom is 0.311 e. The molecule has 0 saturated heterocycles. The number of aliphatic hydroxyl groups is 1. The van der Waals surface area contributed by atoms with Crippen LogP contribution in [-0.4, -0.2) is 59.4 Å². The first kappa shape index (κ1) is 22.6. The Morgan fingerprint density at radius 3 is 2.21 bits per heavy atom. The van der Waals surface area contributed by atoms with E-state index in [1.54, 1.807) is 13.8 Å². The van der Waals surface area contributed by atoms with E-state index in [0.29, 0.717) is 24.1 Å². The molecule has 0 radical (unpaired) electrons. The summed E-state index contributed by atoms with van der Waals surface area (Å²) in [5.41, 5.74) is 0. The largest absolute Gasteiger partial charge is 0.550 e. The van der Waals surface area contributed by atoms with E-state index < -0.39 is 23.8 Å². The zero-order valence-corrected chi connectivity index (χ0v) is 15.2. The van der Waals surface area contributed by atoms with Gasteiger partial charge in [-0.25, -0.2) is 0 Å². The first-order valence-corrected chi connectivity index (χ1v) is 8.82. The van der Waals surface area contributed by atoms with Crippen molar-refractivity contribution in [2.75, 3.05) is 32.8 Å². The molecule has 0 amide bonds. The Labute approximate surface area is 145 Å². The summed E-state index contributed by atoms with van der Waals surface area (Å²) in [5.74, 6) is -3.31. The van der Waals surface area contributed by atoms with Crippen molar-refractivity contribution >= 4 is 11.9 Å². The molecule has 140 valence electrons. The third-order valence-corrected chi connectivity index (χ3v) is 4.38. The maximum absolute atomic E-state index is 11.2. The third kappa shape index (κ3) is 9.03. The maximum atomic E-state index is 11.2. The summed E-state index contributed by atoms with van der Waals surface area (Å²) in [6.45, 7) is 6.81. The summed E-state index contributed by atoms with van der Waals surface area (Å²) >= 11 is 0. The molecule has 0 aliphatic heterocycles. The number of aliphatic hydroxyl groups excluding tert-OH is 1. The molecule has 0 heterocycles. The van der Waals surface area contributed by atoms with E-state index in [4.69, 9.17) is 0 Å². The van der Waals surface area contributed by atoms with Gasteiger partial charge in [0.1, 0.15) is 12.5 Å². The van der Waals surface area contributed by atoms with E-state index in [9.17, 15) is 24.9 Å². The summed E-state index contributed by atoms with van der Waals surface area (Å²) in [7, 11) is 0. The minimum atomic E-state index is -1.13. The lowest BCUT2D eigenvalue weighted by molar-refractivity contribution is -0.932. The van der Waals surface area contributed by atoms with Crippen LogP contribution in [0.3, 0.4) is 0 Å². The minimum Gasteiger partial charge on any atom is -0.550 e. The summed E-state index contributed by atoms with van der Waals surface area (Å²) < 4.78 is 0.302. The SMILES string of the molecule is CC/C=C/CCCC[N+](CCO)(CC(C)C(=O)[O-])CC(C)C(=O)O. The molecule has 6 nitrogen and oxygen atoms in total. The number of carboxylic acids is 2. The van der Waals surface area contributed by atoms with Gasteiger partial charge in [0.15, 0.2) is 0 Å². The Balaban J connectivity index is 5.00. The monoisotopic (exact) mass is 343 g/mol. The Bertz CT molecular complexity index is 386. The molecule has 0 saturated carbocycles. The first-order valence-electron chi connectivity index (χ1n) is 8.82. The number of unbranched alkanes of at least 4 members (excludes halogenated alkanes) is 2. The predicted octanol–water partition coefficient (Wildman–Crippen LogP) is 1.04. The Kier molecular flexibility index (Phi) is 11.3. The molecule has 0 aromatic rings. The average molecular weight is 343 g/mol. The average Bonchev–Trinajstić information content (AvgIpc) is 2.50. The Morgan fingerprint density at radius 1 is 1.08 bits per heavy atom. The van der Waals surface area contributed by atoms with Crippen LogP contribution in [0.25, 0.3) is 0 Å². The smallest absolute Gasteiger partial charge is 0.311 e. The summed E-state index contributed by atoms with van der Waals surface area (Å²) in [5, 5.41) is 29.8. The molecule has 6 heteroatoms. The number of aliphatic carboxylic acids is 2. The van der Waals surface area contributed by atoms with Crippen molar-refractivity contribution in [2.24, 2.45) is 11.8 Å². The Morgan fingerprint density at radius 2 is 1.71 bits per heavy atom. The molecular formula is C18H33NO5. The van der Waals surface area contributed by atoms with Gasteiger partial charge in [-0.2, -0.15) is 0 Å². The van der Waals surface area contributed by atoms with Crippen molar-refractivity contribution in [1.29, 1.82) is 0 Å². The highest BCUT2D eigenvalue weighted by atomic mass is 16.4. The highest BCUT2D eigenvalue weighted by molar-refractivity contribution is 5.69. The Hall–Kier alpha value is -1.40. The lowest BCUT2D eigenvalue weighted by atomic mass is 10.0. The first-order chi connectivity index (χ1) is 11.3. The van der Waals surface area contributed by atoms with Gasteiger partial charge in [-0.05, 0) is 32.6 Å². The van der Waals surface area contributed by atoms with Gasteiger partial charge in [0.2, 0.25) is 0 Å². The molecule has 3 unspecified atom stereocenters. The van der Waals surface area contributed by atoms with Gasteiger partial charge in [0, 0.05) is 11.9 Å². The van der Waals surface area contributed by atoms with Gasteiger partial charge >= 0.3 is 5.97 Å². The molecule has 0 rings (SSSR count). The van der Waals surface area contributed by atoms with Crippen LogP contribution in [0.5, 0.6) is 0 Å². The van der Waals surface area contributed by atoms with Crippen LogP contribution in [0.2, 0.25) is 0 Å². The fourth-order valence-corrected chi connectivity index (χ4v) is 3.07. The van der Waals surface area contributed by atoms with Crippen molar-refractivity contribution in [1.82, 2.24) is 0 Å². The molecule has 0 spiro atoms. The number of nitrogens with zero attached hydrogens (tertiary/aromatic N) is 1. The number of carbonyl (C=O) groups is 2. The predicted molar refractivity (Wildman–Crippen MR) is 91.1 cm³/mol. The van der Waals surface area contributed by atoms with E-state index in [1.807, 2.05) is 0 Å². The van der Waals surface area contributed by atoms with Gasteiger partial charge < -0.3 is 24.6 Å². The third-order valence-electron chi connectivity index (χ3n) is 4.38. The van der Waals surface area contributed by atoms with Crippen molar-refractivity contribution in [3.05, 3.63) is 12.2 Å². The van der Waals surface area contributed by atoms with Gasteiger partial charge in [-0.3, -0.25) is 4.79 Å². The number of quaternary nitrogens is 1. The van der Waals surface area contributed by atoms with E-state index >= 15 is 0 Å². The lowest BCUT2D eigenvalue weighted by Crippen LogP contribution is -2.57. The van der Waals surface area contributed by atoms with Gasteiger partial charge in [0.05, 0.1) is 26.2 Å². The van der Waals surface area contributed by atoms with Gasteiger partial charge in [-0.1, -0.05) is 26.0 Å². The fraction of sp³-hybridized carbons (Fsp3) is 0.778. The van der Waals surface area contributed by atoms with Crippen LogP contribution in [0.1, 0.15) is 46.5 Å². The fourth-order valence-electron chi connectivity index (χ4n) is 3.07. The molecule has 0 aromatic carbocycles. The number of hydrogen-bond donors (Lipinski definition) is 2. The van der Waals surface area contributed by atoms with E-state index in [0.717, 1.165) is 25.7 Å². The molecule has 0 aliphatic rings. The number of carbonyl (C=O) groups excluding carboxylic acids is 1. The standard InChI is InChI=1S/C18H33NO5/c1-4-5-6-7-8-9-10-19(11-12-20,13-15(2)17(21)22)14-16(3)18(23)24/h5-6,15-16,20H,4,7-14H2,1-3H3,(H-,21,22,23,24)/b6-5+. The highest BCUT2D eigenvalue weighted by Crippen LogP contribution is 2.18. The van der Waals surface area contributed by atoms with Crippen molar-refractivity contribution in [3.8, 4) is 0 Å². The normalized spacial score (nSPS) is 16.7. The number of hydrogen-bond acceptors (Lipinski definition) is 4. The van der Waals surface area contributed by atoms with E-state index in [-0.39, 0.29) is 13.2 Å². The van der Waals surface area contributed by atoms with Crippen molar-refractivity contribution in [2.45, 2.75) is 46.5 Å². The van der Waals surface area contributed by atoms with E-state index in [1.165, 1.54) is 0 Å². The zero-order valence-electron chi connectivity index (χ0n) is 15.2. The minimum absolute atomic E-state index is 0.0954. The molecule has 3 atom stereocenters. The molecule has 0 fully saturated rings. The second-order valence-electron chi connectivity index (χ2n) is 6.71. The molecule has 2 N–H and O–H groups in total. The highest BCUT2D eigenvalue weighted by Gasteiger charge is 2.33. The molecule has 0 aliphatic carbocycles. The quantitative estimate of drug-likeness (QED) is 0.279. The molecule has 0 bridgehead atoms.